The minimum absolute atomic E-state index is 0.0442. The highest BCUT2D eigenvalue weighted by atomic mass is 19.2. The predicted molar refractivity (Wildman–Crippen MR) is 123 cm³/mol. The molecule has 0 saturated carbocycles. The molecule has 2 unspecified atom stereocenters. The maximum Gasteiger partial charge on any atom is 0.200 e. The van der Waals surface area contributed by atoms with Gasteiger partial charge < -0.3 is 14.2 Å². The Morgan fingerprint density at radius 3 is 2.42 bits per heavy atom. The van der Waals surface area contributed by atoms with Crippen LogP contribution in [-0.2, 0) is 4.74 Å². The molecule has 0 aromatic heterocycles. The average molecular weight is 465 g/mol. The smallest absolute Gasteiger partial charge is 0.200 e. The largest absolute Gasteiger partial charge is 0.493 e. The normalized spacial score (nSPS) is 18.3. The molecule has 0 bridgehead atoms. The molecule has 0 N–H and O–H groups in total. The molecule has 0 amide bonds. The Morgan fingerprint density at radius 2 is 1.70 bits per heavy atom. The van der Waals surface area contributed by atoms with E-state index in [1.807, 2.05) is 0 Å². The SMILES string of the molecule is CCCCCCCCOc1ccc(C2CCC(COc3ccc(C)c(F)c3)CO2)c(F)c1F. The van der Waals surface area contributed by atoms with Gasteiger partial charge in [-0.15, -0.1) is 0 Å². The quantitative estimate of drug-likeness (QED) is 0.301. The number of benzene rings is 2. The van der Waals surface area contributed by atoms with Crippen molar-refractivity contribution in [3.8, 4) is 11.5 Å². The molecule has 33 heavy (non-hydrogen) atoms. The molecule has 1 heterocycles. The van der Waals surface area contributed by atoms with Gasteiger partial charge >= 0.3 is 0 Å². The van der Waals surface area contributed by atoms with Gasteiger partial charge in [-0.1, -0.05) is 45.1 Å². The number of ether oxygens (including phenoxy) is 3. The molecule has 2 aromatic rings. The second kappa shape index (κ2) is 12.9. The van der Waals surface area contributed by atoms with Crippen LogP contribution in [0.5, 0.6) is 11.5 Å². The molecule has 3 nitrogen and oxygen atoms in total. The molecule has 6 heteroatoms. The Morgan fingerprint density at radius 1 is 0.909 bits per heavy atom. The molecule has 0 spiro atoms. The summed E-state index contributed by atoms with van der Waals surface area (Å²) in [4.78, 5) is 0. The third-order valence-corrected chi connectivity index (χ3v) is 6.18. The standard InChI is InChI=1S/C27H35F3O3/c1-3-4-5-6-7-8-15-31-25-14-12-22(26(29)27(25)30)24-13-10-20(18-33-24)17-32-21-11-9-19(2)23(28)16-21/h9,11-12,14,16,20,24H,3-8,10,13,15,17-18H2,1-2H3. The van der Waals surface area contributed by atoms with Crippen LogP contribution in [-0.4, -0.2) is 19.8 Å². The van der Waals surface area contributed by atoms with Crippen molar-refractivity contribution in [1.29, 1.82) is 0 Å². The van der Waals surface area contributed by atoms with Crippen molar-refractivity contribution < 1.29 is 27.4 Å². The zero-order chi connectivity index (χ0) is 23.6. The van der Waals surface area contributed by atoms with E-state index in [1.54, 1.807) is 25.1 Å². The summed E-state index contributed by atoms with van der Waals surface area (Å²) in [6.07, 6.45) is 7.43. The lowest BCUT2D eigenvalue weighted by Crippen LogP contribution is -2.26. The van der Waals surface area contributed by atoms with Crippen molar-refractivity contribution in [3.05, 3.63) is 58.9 Å². The van der Waals surface area contributed by atoms with E-state index in [1.165, 1.54) is 31.4 Å². The van der Waals surface area contributed by atoms with E-state index < -0.39 is 17.7 Å². The maximum atomic E-state index is 14.7. The molecule has 1 saturated heterocycles. The molecule has 1 fully saturated rings. The summed E-state index contributed by atoms with van der Waals surface area (Å²) in [5, 5.41) is 0. The number of rotatable bonds is 12. The van der Waals surface area contributed by atoms with Gasteiger partial charge in [0.1, 0.15) is 11.6 Å². The zero-order valence-corrected chi connectivity index (χ0v) is 19.7. The summed E-state index contributed by atoms with van der Waals surface area (Å²) in [6, 6.07) is 7.84. The molecule has 2 atom stereocenters. The Bertz CT molecular complexity index is 879. The fourth-order valence-electron chi connectivity index (χ4n) is 4.03. The fraction of sp³-hybridized carbons (Fsp3) is 0.556. The first-order valence-electron chi connectivity index (χ1n) is 12.1. The summed E-state index contributed by atoms with van der Waals surface area (Å²) in [5.41, 5.74) is 0.790. The van der Waals surface area contributed by atoms with Crippen LogP contribution in [0.15, 0.2) is 30.3 Å². The summed E-state index contributed by atoms with van der Waals surface area (Å²) >= 11 is 0. The van der Waals surface area contributed by atoms with Crippen LogP contribution in [0.1, 0.15) is 75.5 Å². The van der Waals surface area contributed by atoms with Gasteiger partial charge in [-0.25, -0.2) is 8.78 Å². The van der Waals surface area contributed by atoms with Crippen LogP contribution in [0, 0.1) is 30.3 Å². The van der Waals surface area contributed by atoms with Crippen molar-refractivity contribution in [2.24, 2.45) is 5.92 Å². The molecule has 1 aliphatic rings. The van der Waals surface area contributed by atoms with Crippen LogP contribution in [0.3, 0.4) is 0 Å². The van der Waals surface area contributed by atoms with Crippen molar-refractivity contribution in [2.45, 2.75) is 71.3 Å². The number of unbranched alkanes of at least 4 members (excludes halogenated alkanes) is 5. The van der Waals surface area contributed by atoms with E-state index in [9.17, 15) is 13.2 Å². The van der Waals surface area contributed by atoms with Gasteiger partial charge in [0.2, 0.25) is 5.82 Å². The Hall–Kier alpha value is -2.21. The Kier molecular flexibility index (Phi) is 9.92. The topological polar surface area (TPSA) is 27.7 Å². The minimum Gasteiger partial charge on any atom is -0.493 e. The maximum absolute atomic E-state index is 14.7. The Balaban J connectivity index is 1.44. The van der Waals surface area contributed by atoms with Crippen molar-refractivity contribution >= 4 is 0 Å². The lowest BCUT2D eigenvalue weighted by Gasteiger charge is -2.29. The second-order valence-corrected chi connectivity index (χ2v) is 8.88. The van der Waals surface area contributed by atoms with E-state index in [0.717, 1.165) is 25.7 Å². The van der Waals surface area contributed by atoms with Crippen LogP contribution in [0.2, 0.25) is 0 Å². The van der Waals surface area contributed by atoms with Crippen molar-refractivity contribution in [3.63, 3.8) is 0 Å². The lowest BCUT2D eigenvalue weighted by molar-refractivity contribution is -0.0304. The van der Waals surface area contributed by atoms with E-state index >= 15 is 0 Å². The van der Waals surface area contributed by atoms with Gasteiger partial charge in [-0.3, -0.25) is 0 Å². The number of hydrogen-bond donors (Lipinski definition) is 0. The van der Waals surface area contributed by atoms with Crippen LogP contribution < -0.4 is 9.47 Å². The van der Waals surface area contributed by atoms with Gasteiger partial charge in [0.15, 0.2) is 11.6 Å². The molecule has 0 aliphatic carbocycles. The first kappa shape index (κ1) is 25.4. The molecular weight excluding hydrogens is 429 g/mol. The van der Waals surface area contributed by atoms with E-state index in [0.29, 0.717) is 37.6 Å². The monoisotopic (exact) mass is 464 g/mol. The third kappa shape index (κ3) is 7.39. The molecule has 2 aromatic carbocycles. The molecular formula is C27H35F3O3. The first-order chi connectivity index (χ1) is 16.0. The molecule has 1 aliphatic heterocycles. The molecule has 0 radical (unpaired) electrons. The highest BCUT2D eigenvalue weighted by Crippen LogP contribution is 2.35. The first-order valence-corrected chi connectivity index (χ1v) is 12.1. The third-order valence-electron chi connectivity index (χ3n) is 6.18. The summed E-state index contributed by atoms with van der Waals surface area (Å²) in [7, 11) is 0. The minimum atomic E-state index is -0.950. The molecule has 182 valence electrons. The average Bonchev–Trinajstić information content (AvgIpc) is 2.82. The summed E-state index contributed by atoms with van der Waals surface area (Å²) in [5.74, 6) is -1.61. The number of aryl methyl sites for hydroxylation is 1. The second-order valence-electron chi connectivity index (χ2n) is 8.88. The summed E-state index contributed by atoms with van der Waals surface area (Å²) < 4.78 is 59.9. The van der Waals surface area contributed by atoms with Gasteiger partial charge in [-0.2, -0.15) is 4.39 Å². The highest BCUT2D eigenvalue weighted by Gasteiger charge is 2.27. The molecule has 3 rings (SSSR count). The Labute approximate surface area is 195 Å². The fourth-order valence-corrected chi connectivity index (χ4v) is 4.03. The number of hydrogen-bond acceptors (Lipinski definition) is 3. The van der Waals surface area contributed by atoms with Crippen LogP contribution in [0.25, 0.3) is 0 Å². The van der Waals surface area contributed by atoms with E-state index in [2.05, 4.69) is 6.92 Å². The number of halogens is 3. The van der Waals surface area contributed by atoms with Gasteiger partial charge in [-0.05, 0) is 49.9 Å². The van der Waals surface area contributed by atoms with Gasteiger partial charge in [0.25, 0.3) is 0 Å². The van der Waals surface area contributed by atoms with Crippen LogP contribution >= 0.6 is 0 Å². The van der Waals surface area contributed by atoms with Crippen LogP contribution in [0.4, 0.5) is 13.2 Å². The van der Waals surface area contributed by atoms with E-state index in [4.69, 9.17) is 14.2 Å². The van der Waals surface area contributed by atoms with Crippen molar-refractivity contribution in [1.82, 2.24) is 0 Å². The predicted octanol–water partition coefficient (Wildman–Crippen LogP) is 7.70. The summed E-state index contributed by atoms with van der Waals surface area (Å²) in [6.45, 7) is 5.01. The van der Waals surface area contributed by atoms with E-state index in [-0.39, 0.29) is 23.0 Å². The lowest BCUT2D eigenvalue weighted by atomic mass is 9.94. The van der Waals surface area contributed by atoms with Gasteiger partial charge in [0, 0.05) is 17.5 Å². The highest BCUT2D eigenvalue weighted by molar-refractivity contribution is 5.32. The zero-order valence-electron chi connectivity index (χ0n) is 19.7. The van der Waals surface area contributed by atoms with Crippen molar-refractivity contribution in [2.75, 3.05) is 19.8 Å². The van der Waals surface area contributed by atoms with Gasteiger partial charge in [0.05, 0.1) is 25.9 Å².